The Morgan fingerprint density at radius 1 is 1.21 bits per heavy atom. The van der Waals surface area contributed by atoms with Crippen molar-refractivity contribution in [2.75, 3.05) is 26.0 Å². The van der Waals surface area contributed by atoms with Gasteiger partial charge in [0.05, 0.1) is 7.11 Å². The quantitative estimate of drug-likeness (QED) is 0.117. The Bertz CT molecular complexity index is 1100. The molecule has 1 amide bonds. The fourth-order valence-electron chi connectivity index (χ4n) is 3.83. The lowest BCUT2D eigenvalue weighted by atomic mass is 9.98. The third kappa shape index (κ3) is 10.0. The molecule has 1 fully saturated rings. The summed E-state index contributed by atoms with van der Waals surface area (Å²) in [5, 5.41) is 30.2. The van der Waals surface area contributed by atoms with E-state index in [2.05, 4.69) is 5.32 Å². The molecule has 1 heterocycles. The van der Waals surface area contributed by atoms with Crippen LogP contribution in [0.4, 0.5) is 0 Å². The normalized spacial score (nSPS) is 19.1. The van der Waals surface area contributed by atoms with E-state index in [0.717, 1.165) is 16.9 Å². The zero-order valence-electron chi connectivity index (χ0n) is 20.9. The van der Waals surface area contributed by atoms with Gasteiger partial charge in [-0.25, -0.2) is 14.4 Å². The Balaban J connectivity index is 2.06. The fourth-order valence-corrected chi connectivity index (χ4v) is 6.94. The molecular weight excluding hydrogens is 574 g/mol. The molecule has 1 aromatic carbocycles. The standard InChI is InChI=1S/C24H30ClN3O9S2/c1-37-24(36)21(14-4-2-3-5-15(14)25)28-9-8-18(13(11-28)10-20(30)31)39-38-12-17(23(34)35)27-19(29)7-6-16(26)22(32)33/h2-5,10,16-18,21H,6-9,11-12,26H2,1H3,(H,27,29)(H,30,31)(H,32,33)(H,34,35). The highest BCUT2D eigenvalue weighted by molar-refractivity contribution is 8.77. The minimum absolute atomic E-state index is 0.0261. The van der Waals surface area contributed by atoms with Crippen LogP contribution in [0.25, 0.3) is 0 Å². The molecule has 12 nitrogen and oxygen atoms in total. The minimum atomic E-state index is -1.27. The zero-order chi connectivity index (χ0) is 29.1. The number of amides is 1. The second-order valence-corrected chi connectivity index (χ2v) is 11.6. The van der Waals surface area contributed by atoms with Gasteiger partial charge in [0.1, 0.15) is 18.1 Å². The average Bonchev–Trinajstić information content (AvgIpc) is 2.88. The molecule has 0 saturated carbocycles. The second kappa shape index (κ2) is 15.7. The Morgan fingerprint density at radius 3 is 2.49 bits per heavy atom. The van der Waals surface area contributed by atoms with Crippen LogP contribution < -0.4 is 11.1 Å². The van der Waals surface area contributed by atoms with Gasteiger partial charge in [-0.1, -0.05) is 51.4 Å². The van der Waals surface area contributed by atoms with Crippen molar-refractivity contribution in [3.8, 4) is 0 Å². The first-order valence-corrected chi connectivity index (χ1v) is 14.5. The minimum Gasteiger partial charge on any atom is -0.480 e. The van der Waals surface area contributed by atoms with Crippen LogP contribution in [0.3, 0.4) is 0 Å². The van der Waals surface area contributed by atoms with Gasteiger partial charge in [-0.3, -0.25) is 14.5 Å². The van der Waals surface area contributed by atoms with Crippen LogP contribution in [0.5, 0.6) is 0 Å². The maximum atomic E-state index is 12.7. The lowest BCUT2D eigenvalue weighted by Gasteiger charge is -2.37. The number of methoxy groups -OCH3 is 1. The van der Waals surface area contributed by atoms with Crippen molar-refractivity contribution < 1.29 is 44.0 Å². The van der Waals surface area contributed by atoms with E-state index in [-0.39, 0.29) is 30.4 Å². The molecule has 0 radical (unpaired) electrons. The summed E-state index contributed by atoms with van der Waals surface area (Å²) >= 11 is 6.34. The molecule has 0 spiro atoms. The van der Waals surface area contributed by atoms with Gasteiger partial charge in [0.25, 0.3) is 0 Å². The maximum absolute atomic E-state index is 12.7. The number of rotatable bonds is 14. The number of hydrogen-bond acceptors (Lipinski definition) is 10. The van der Waals surface area contributed by atoms with E-state index in [0.29, 0.717) is 29.1 Å². The number of nitrogens with one attached hydrogen (secondary N) is 1. The van der Waals surface area contributed by atoms with Gasteiger partial charge < -0.3 is 31.1 Å². The fraction of sp³-hybridized carbons (Fsp3) is 0.458. The molecule has 6 N–H and O–H groups in total. The van der Waals surface area contributed by atoms with Gasteiger partial charge in [-0.15, -0.1) is 0 Å². The van der Waals surface area contributed by atoms with Gasteiger partial charge >= 0.3 is 23.9 Å². The highest BCUT2D eigenvalue weighted by Gasteiger charge is 2.36. The smallest absolute Gasteiger partial charge is 0.328 e. The topological polar surface area (TPSA) is 197 Å². The van der Waals surface area contributed by atoms with Crippen molar-refractivity contribution in [1.82, 2.24) is 10.2 Å². The summed E-state index contributed by atoms with van der Waals surface area (Å²) in [6, 6.07) is 3.50. The lowest BCUT2D eigenvalue weighted by Crippen LogP contribution is -2.43. The summed E-state index contributed by atoms with van der Waals surface area (Å²) in [6.45, 7) is 0.543. The van der Waals surface area contributed by atoms with E-state index in [1.54, 1.807) is 29.2 Å². The zero-order valence-corrected chi connectivity index (χ0v) is 23.3. The summed E-state index contributed by atoms with van der Waals surface area (Å²) in [5.74, 6) is -4.89. The summed E-state index contributed by atoms with van der Waals surface area (Å²) in [6.07, 6.45) is 1.14. The van der Waals surface area contributed by atoms with Crippen molar-refractivity contribution in [2.24, 2.45) is 5.73 Å². The number of halogens is 1. The van der Waals surface area contributed by atoms with Gasteiger partial charge in [0.2, 0.25) is 5.91 Å². The molecule has 0 aromatic heterocycles. The highest BCUT2D eigenvalue weighted by atomic mass is 35.5. The number of hydrogen-bond donors (Lipinski definition) is 5. The molecule has 1 aliphatic heterocycles. The molecule has 214 valence electrons. The second-order valence-electron chi connectivity index (χ2n) is 8.57. The van der Waals surface area contributed by atoms with Crippen LogP contribution in [0, 0.1) is 0 Å². The molecule has 1 saturated heterocycles. The molecule has 1 aliphatic rings. The predicted octanol–water partition coefficient (Wildman–Crippen LogP) is 1.78. The molecule has 0 aliphatic carbocycles. The molecule has 15 heteroatoms. The maximum Gasteiger partial charge on any atom is 0.328 e. The molecule has 0 bridgehead atoms. The van der Waals surface area contributed by atoms with Crippen molar-refractivity contribution in [2.45, 2.75) is 42.6 Å². The Hall–Kier alpha value is -2.78. The van der Waals surface area contributed by atoms with E-state index in [1.807, 2.05) is 0 Å². The first-order valence-electron chi connectivity index (χ1n) is 11.7. The predicted molar refractivity (Wildman–Crippen MR) is 146 cm³/mol. The number of ether oxygens (including phenoxy) is 1. The summed E-state index contributed by atoms with van der Waals surface area (Å²) in [4.78, 5) is 60.5. The number of esters is 1. The number of likely N-dealkylation sites (tertiary alicyclic amines) is 1. The van der Waals surface area contributed by atoms with Crippen molar-refractivity contribution in [3.05, 3.63) is 46.5 Å². The largest absolute Gasteiger partial charge is 0.480 e. The van der Waals surface area contributed by atoms with Crippen molar-refractivity contribution >= 4 is 63.0 Å². The lowest BCUT2D eigenvalue weighted by molar-refractivity contribution is -0.147. The van der Waals surface area contributed by atoms with E-state index in [9.17, 15) is 34.2 Å². The molecule has 4 unspecified atom stereocenters. The molecule has 2 rings (SSSR count). The average molecular weight is 604 g/mol. The first kappa shape index (κ1) is 32.4. The number of benzene rings is 1. The van der Waals surface area contributed by atoms with E-state index in [1.165, 1.54) is 17.9 Å². The van der Waals surface area contributed by atoms with E-state index in [4.69, 9.17) is 27.2 Å². The van der Waals surface area contributed by atoms with Crippen molar-refractivity contribution in [3.63, 3.8) is 0 Å². The van der Waals surface area contributed by atoms with E-state index < -0.39 is 47.9 Å². The number of carboxylic acids is 3. The number of piperidine rings is 1. The van der Waals surface area contributed by atoms with E-state index >= 15 is 0 Å². The molecule has 4 atom stereocenters. The Labute approximate surface area is 237 Å². The molecule has 39 heavy (non-hydrogen) atoms. The van der Waals surface area contributed by atoms with Crippen molar-refractivity contribution in [1.29, 1.82) is 0 Å². The van der Waals surface area contributed by atoms with Crippen LogP contribution in [-0.4, -0.2) is 93.3 Å². The number of nitrogens with zero attached hydrogens (tertiary/aromatic N) is 1. The third-order valence-electron chi connectivity index (χ3n) is 5.83. The van der Waals surface area contributed by atoms with Crippen LogP contribution in [0.2, 0.25) is 5.02 Å². The van der Waals surface area contributed by atoms with Gasteiger partial charge in [0, 0.05) is 41.6 Å². The molecule has 1 aromatic rings. The number of carbonyl (C=O) groups excluding carboxylic acids is 2. The third-order valence-corrected chi connectivity index (χ3v) is 9.06. The van der Waals surface area contributed by atoms with Gasteiger partial charge in [-0.05, 0) is 30.0 Å². The summed E-state index contributed by atoms with van der Waals surface area (Å²) in [5.41, 5.74) is 6.42. The number of carbonyl (C=O) groups is 5. The van der Waals surface area contributed by atoms with Crippen LogP contribution in [-0.2, 0) is 28.7 Å². The van der Waals surface area contributed by atoms with Gasteiger partial charge in [-0.2, -0.15) is 0 Å². The Kier molecular flexibility index (Phi) is 13.1. The molecular formula is C24H30ClN3O9S2. The number of aliphatic carboxylic acids is 3. The SMILES string of the molecule is COC(=O)C(c1ccccc1Cl)N1CCC(SSCC(NC(=O)CCC(N)C(=O)O)C(=O)O)C(=CC(=O)O)C1. The van der Waals surface area contributed by atoms with Crippen LogP contribution in [0.15, 0.2) is 35.9 Å². The van der Waals surface area contributed by atoms with Crippen LogP contribution in [0.1, 0.15) is 30.9 Å². The van der Waals surface area contributed by atoms with Crippen LogP contribution >= 0.6 is 33.2 Å². The number of nitrogens with two attached hydrogens (primary N) is 1. The monoisotopic (exact) mass is 603 g/mol. The number of carboxylic acid groups (broad SMARTS) is 3. The highest BCUT2D eigenvalue weighted by Crippen LogP contribution is 2.39. The first-order chi connectivity index (χ1) is 18.4. The van der Waals surface area contributed by atoms with Gasteiger partial charge in [0.15, 0.2) is 0 Å². The summed E-state index contributed by atoms with van der Waals surface area (Å²) in [7, 11) is 3.69. The Morgan fingerprint density at radius 2 is 1.90 bits per heavy atom. The summed E-state index contributed by atoms with van der Waals surface area (Å²) < 4.78 is 5.00.